The number of amides is 1. The number of carbonyl (C=O) groups excluding carboxylic acids is 1. The molecule has 1 heterocycles. The van der Waals surface area contributed by atoms with Crippen LogP contribution in [0.15, 0.2) is 61.1 Å². The highest BCUT2D eigenvalue weighted by atomic mass is 19.4. The molecule has 0 aliphatic carbocycles. The van der Waals surface area contributed by atoms with E-state index in [0.717, 1.165) is 12.5 Å². The van der Waals surface area contributed by atoms with Gasteiger partial charge in [-0.1, -0.05) is 37.3 Å². The van der Waals surface area contributed by atoms with Gasteiger partial charge in [-0.05, 0) is 42.7 Å². The van der Waals surface area contributed by atoms with Gasteiger partial charge < -0.3 is 5.32 Å². The van der Waals surface area contributed by atoms with Crippen LogP contribution in [0.3, 0.4) is 0 Å². The Morgan fingerprint density at radius 2 is 1.93 bits per heavy atom. The molecule has 1 atom stereocenters. The summed E-state index contributed by atoms with van der Waals surface area (Å²) in [7, 11) is 0. The van der Waals surface area contributed by atoms with Gasteiger partial charge in [0, 0.05) is 11.7 Å². The van der Waals surface area contributed by atoms with E-state index in [9.17, 15) is 18.0 Å². The lowest BCUT2D eigenvalue weighted by Gasteiger charge is -2.15. The van der Waals surface area contributed by atoms with Gasteiger partial charge in [-0.15, -0.1) is 0 Å². The molecule has 2 aromatic carbocycles. The van der Waals surface area contributed by atoms with Crippen molar-refractivity contribution < 1.29 is 18.0 Å². The van der Waals surface area contributed by atoms with Crippen molar-refractivity contribution in [2.24, 2.45) is 0 Å². The topological polar surface area (TPSA) is 46.9 Å². The van der Waals surface area contributed by atoms with Crippen LogP contribution in [0.2, 0.25) is 0 Å². The lowest BCUT2D eigenvalue weighted by molar-refractivity contribution is -0.137. The fraction of sp³-hybridized carbons (Fsp3) is 0.238. The van der Waals surface area contributed by atoms with Crippen molar-refractivity contribution in [2.45, 2.75) is 32.5 Å². The van der Waals surface area contributed by atoms with Gasteiger partial charge in [0.25, 0.3) is 5.91 Å². The van der Waals surface area contributed by atoms with E-state index >= 15 is 0 Å². The highest BCUT2D eigenvalue weighted by molar-refractivity contribution is 5.93. The van der Waals surface area contributed by atoms with Gasteiger partial charge >= 0.3 is 6.18 Å². The smallest absolute Gasteiger partial charge is 0.348 e. The molecule has 0 saturated carbocycles. The van der Waals surface area contributed by atoms with Gasteiger partial charge in [-0.2, -0.15) is 13.2 Å². The summed E-state index contributed by atoms with van der Waals surface area (Å²) in [6, 6.07) is 12.0. The molecule has 0 spiro atoms. The Morgan fingerprint density at radius 1 is 1.18 bits per heavy atom. The van der Waals surface area contributed by atoms with Crippen LogP contribution in [-0.4, -0.2) is 21.5 Å². The van der Waals surface area contributed by atoms with E-state index in [1.54, 1.807) is 34.9 Å². The van der Waals surface area contributed by atoms with Gasteiger partial charge in [-0.25, -0.2) is 4.98 Å². The van der Waals surface area contributed by atoms with E-state index in [1.807, 2.05) is 13.8 Å². The summed E-state index contributed by atoms with van der Waals surface area (Å²) in [5.41, 5.74) is 0.672. The Hall–Kier alpha value is -3.09. The molecule has 146 valence electrons. The van der Waals surface area contributed by atoms with Crippen LogP contribution in [0.4, 0.5) is 13.2 Å². The molecule has 7 heteroatoms. The van der Waals surface area contributed by atoms with Crippen molar-refractivity contribution in [3.05, 3.63) is 72.3 Å². The van der Waals surface area contributed by atoms with Crippen LogP contribution in [0, 0.1) is 0 Å². The molecule has 1 aromatic heterocycles. The molecule has 4 nitrogen and oxygen atoms in total. The third-order valence-corrected chi connectivity index (χ3v) is 4.53. The van der Waals surface area contributed by atoms with Crippen molar-refractivity contribution in [3.63, 3.8) is 0 Å². The second-order valence-corrected chi connectivity index (χ2v) is 6.53. The normalized spacial score (nSPS) is 12.6. The van der Waals surface area contributed by atoms with E-state index in [1.165, 1.54) is 24.7 Å². The van der Waals surface area contributed by atoms with E-state index in [0.29, 0.717) is 16.9 Å². The molecule has 1 unspecified atom stereocenters. The standard InChI is InChI=1S/C21H20F3N3O/c1-3-14(2)26-20(28)19-12-25-13-27(19)16-8-6-7-15(11-16)17-9-4-5-10-18(17)21(22,23)24/h4-14H,3H2,1-2H3,(H,26,28). The van der Waals surface area contributed by atoms with E-state index in [-0.39, 0.29) is 17.5 Å². The number of nitrogens with one attached hydrogen (secondary N) is 1. The summed E-state index contributed by atoms with van der Waals surface area (Å²) in [4.78, 5) is 16.5. The summed E-state index contributed by atoms with van der Waals surface area (Å²) in [5, 5.41) is 2.87. The number of alkyl halides is 3. The highest BCUT2D eigenvalue weighted by Gasteiger charge is 2.33. The summed E-state index contributed by atoms with van der Waals surface area (Å²) < 4.78 is 41.7. The fourth-order valence-electron chi connectivity index (χ4n) is 2.87. The summed E-state index contributed by atoms with van der Waals surface area (Å²) in [6.07, 6.45) is -0.763. The molecule has 28 heavy (non-hydrogen) atoms. The van der Waals surface area contributed by atoms with Crippen molar-refractivity contribution in [2.75, 3.05) is 0 Å². The molecule has 3 rings (SSSR count). The minimum atomic E-state index is -4.46. The van der Waals surface area contributed by atoms with E-state index < -0.39 is 11.7 Å². The molecular formula is C21H20F3N3O. The lowest BCUT2D eigenvalue weighted by atomic mass is 9.99. The number of imidazole rings is 1. The average Bonchev–Trinajstić information content (AvgIpc) is 3.17. The third-order valence-electron chi connectivity index (χ3n) is 4.53. The van der Waals surface area contributed by atoms with Crippen LogP contribution < -0.4 is 5.32 Å². The molecule has 0 bridgehead atoms. The summed E-state index contributed by atoms with van der Waals surface area (Å²) >= 11 is 0. The van der Waals surface area contributed by atoms with Crippen LogP contribution in [0.5, 0.6) is 0 Å². The monoisotopic (exact) mass is 387 g/mol. The zero-order valence-corrected chi connectivity index (χ0v) is 15.5. The predicted molar refractivity (Wildman–Crippen MR) is 101 cm³/mol. The third kappa shape index (κ3) is 4.08. The number of rotatable bonds is 5. The maximum Gasteiger partial charge on any atom is 0.417 e. The first kappa shape index (κ1) is 19.7. The second-order valence-electron chi connectivity index (χ2n) is 6.53. The first-order valence-corrected chi connectivity index (χ1v) is 8.91. The molecule has 0 radical (unpaired) electrons. The summed E-state index contributed by atoms with van der Waals surface area (Å²) in [5.74, 6) is -0.284. The van der Waals surface area contributed by atoms with Crippen molar-refractivity contribution in [1.82, 2.24) is 14.9 Å². The predicted octanol–water partition coefficient (Wildman–Crippen LogP) is 5.09. The first-order chi connectivity index (χ1) is 13.3. The second kappa shape index (κ2) is 7.88. The Morgan fingerprint density at radius 3 is 2.64 bits per heavy atom. The largest absolute Gasteiger partial charge is 0.417 e. The Balaban J connectivity index is 2.01. The van der Waals surface area contributed by atoms with Crippen molar-refractivity contribution in [1.29, 1.82) is 0 Å². The number of halogens is 3. The molecule has 1 N–H and O–H groups in total. The zero-order chi connectivity index (χ0) is 20.3. The molecule has 1 amide bonds. The van der Waals surface area contributed by atoms with Gasteiger partial charge in [0.2, 0.25) is 0 Å². The van der Waals surface area contributed by atoms with Crippen LogP contribution in [-0.2, 0) is 6.18 Å². The zero-order valence-electron chi connectivity index (χ0n) is 15.5. The van der Waals surface area contributed by atoms with Gasteiger partial charge in [-0.3, -0.25) is 9.36 Å². The van der Waals surface area contributed by atoms with Gasteiger partial charge in [0.15, 0.2) is 0 Å². The Labute approximate surface area is 161 Å². The molecule has 0 fully saturated rings. The van der Waals surface area contributed by atoms with E-state index in [2.05, 4.69) is 10.3 Å². The lowest BCUT2D eigenvalue weighted by Crippen LogP contribution is -2.33. The number of hydrogen-bond acceptors (Lipinski definition) is 2. The van der Waals surface area contributed by atoms with Crippen molar-refractivity contribution in [3.8, 4) is 16.8 Å². The molecule has 0 aliphatic heterocycles. The fourth-order valence-corrected chi connectivity index (χ4v) is 2.87. The number of carbonyl (C=O) groups is 1. The summed E-state index contributed by atoms with van der Waals surface area (Å²) in [6.45, 7) is 3.86. The number of hydrogen-bond donors (Lipinski definition) is 1. The maximum atomic E-state index is 13.4. The van der Waals surface area contributed by atoms with E-state index in [4.69, 9.17) is 0 Å². The number of benzene rings is 2. The molecule has 0 saturated heterocycles. The van der Waals surface area contributed by atoms with Crippen LogP contribution >= 0.6 is 0 Å². The molecule has 3 aromatic rings. The quantitative estimate of drug-likeness (QED) is 0.663. The number of aromatic nitrogens is 2. The highest BCUT2D eigenvalue weighted by Crippen LogP contribution is 2.37. The first-order valence-electron chi connectivity index (χ1n) is 8.91. The minimum Gasteiger partial charge on any atom is -0.348 e. The molecule has 0 aliphatic rings. The SMILES string of the molecule is CCC(C)NC(=O)c1cncn1-c1cccc(-c2ccccc2C(F)(F)F)c1. The number of nitrogens with zero attached hydrogens (tertiary/aromatic N) is 2. The van der Waals surface area contributed by atoms with Gasteiger partial charge in [0.1, 0.15) is 5.69 Å². The Bertz CT molecular complexity index is 979. The van der Waals surface area contributed by atoms with Gasteiger partial charge in [0.05, 0.1) is 18.1 Å². The minimum absolute atomic E-state index is 0.000784. The van der Waals surface area contributed by atoms with Crippen LogP contribution in [0.1, 0.15) is 36.3 Å². The average molecular weight is 387 g/mol. The molecular weight excluding hydrogens is 367 g/mol. The van der Waals surface area contributed by atoms with Crippen LogP contribution in [0.25, 0.3) is 16.8 Å². The van der Waals surface area contributed by atoms with Crippen molar-refractivity contribution >= 4 is 5.91 Å². The Kier molecular flexibility index (Phi) is 5.53. The maximum absolute atomic E-state index is 13.4.